The number of rotatable bonds is 4. The number of aromatic nitrogens is 3. The van der Waals surface area contributed by atoms with Gasteiger partial charge in [-0.2, -0.15) is 11.8 Å². The standard InChI is InChI=1S/C22H32N6S/c1-18-25-26-20(27(18)2)16-24-21(23-15-19-9-5-3-6-10-19)28-13-14-29-22(17-28)11-7-4-8-12-22/h3,5-6,9-10H,4,7-8,11-17H2,1-2H3,(H,23,24). The van der Waals surface area contributed by atoms with Gasteiger partial charge in [-0.15, -0.1) is 10.2 Å². The fraction of sp³-hybridized carbons (Fsp3) is 0.591. The molecule has 0 unspecified atom stereocenters. The van der Waals surface area contributed by atoms with Gasteiger partial charge in [-0.1, -0.05) is 49.6 Å². The summed E-state index contributed by atoms with van der Waals surface area (Å²) >= 11 is 2.19. The summed E-state index contributed by atoms with van der Waals surface area (Å²) < 4.78 is 2.45. The molecule has 29 heavy (non-hydrogen) atoms. The minimum absolute atomic E-state index is 0.410. The highest BCUT2D eigenvalue weighted by Gasteiger charge is 2.38. The Balaban J connectivity index is 1.51. The zero-order valence-corrected chi connectivity index (χ0v) is 18.4. The predicted octanol–water partition coefficient (Wildman–Crippen LogP) is 3.52. The molecule has 2 aliphatic rings. The van der Waals surface area contributed by atoms with E-state index < -0.39 is 0 Å². The van der Waals surface area contributed by atoms with Gasteiger partial charge in [-0.05, 0) is 25.3 Å². The third-order valence-electron chi connectivity index (χ3n) is 6.15. The minimum atomic E-state index is 0.410. The molecule has 7 heteroatoms. The lowest BCUT2D eigenvalue weighted by atomic mass is 9.87. The van der Waals surface area contributed by atoms with Crippen LogP contribution < -0.4 is 5.32 Å². The molecule has 0 atom stereocenters. The lowest BCUT2D eigenvalue weighted by Gasteiger charge is -2.45. The van der Waals surface area contributed by atoms with E-state index in [1.807, 2.05) is 18.5 Å². The second-order valence-corrected chi connectivity index (χ2v) is 9.78. The number of aryl methyl sites for hydroxylation is 1. The summed E-state index contributed by atoms with van der Waals surface area (Å²) in [7, 11) is 2.02. The van der Waals surface area contributed by atoms with Crippen molar-refractivity contribution in [3.05, 3.63) is 47.5 Å². The number of nitrogens with one attached hydrogen (secondary N) is 1. The molecule has 1 aliphatic carbocycles. The first kappa shape index (κ1) is 20.3. The summed E-state index contributed by atoms with van der Waals surface area (Å²) in [6.45, 7) is 5.45. The summed E-state index contributed by atoms with van der Waals surface area (Å²) in [6, 6.07) is 10.5. The molecule has 6 nitrogen and oxygen atoms in total. The number of thioether (sulfide) groups is 1. The van der Waals surface area contributed by atoms with Crippen molar-refractivity contribution >= 4 is 17.7 Å². The Labute approximate surface area is 178 Å². The molecule has 156 valence electrons. The molecule has 1 saturated heterocycles. The summed E-state index contributed by atoms with van der Waals surface area (Å²) in [6.07, 6.45) is 6.79. The highest BCUT2D eigenvalue weighted by Crippen LogP contribution is 2.42. The average molecular weight is 413 g/mol. The van der Waals surface area contributed by atoms with E-state index >= 15 is 0 Å². The number of aliphatic imine (C=N–C) groups is 1. The fourth-order valence-electron chi connectivity index (χ4n) is 4.30. The zero-order chi connectivity index (χ0) is 20.1. The van der Waals surface area contributed by atoms with Crippen LogP contribution in [0, 0.1) is 6.92 Å². The molecule has 1 spiro atoms. The van der Waals surface area contributed by atoms with Gasteiger partial charge in [0.05, 0.1) is 13.1 Å². The molecule has 0 radical (unpaired) electrons. The van der Waals surface area contributed by atoms with E-state index in [0.29, 0.717) is 17.8 Å². The molecule has 2 fully saturated rings. The summed E-state index contributed by atoms with van der Waals surface area (Å²) in [4.78, 5) is 7.49. The van der Waals surface area contributed by atoms with Gasteiger partial charge in [0, 0.05) is 30.6 Å². The van der Waals surface area contributed by atoms with Crippen molar-refractivity contribution in [1.82, 2.24) is 25.0 Å². The van der Waals surface area contributed by atoms with Crippen molar-refractivity contribution in [1.29, 1.82) is 0 Å². The lowest BCUT2D eigenvalue weighted by Crippen LogP contribution is -2.53. The van der Waals surface area contributed by atoms with E-state index in [-0.39, 0.29) is 0 Å². The highest BCUT2D eigenvalue weighted by atomic mass is 32.2. The number of nitrogens with zero attached hydrogens (tertiary/aromatic N) is 5. The van der Waals surface area contributed by atoms with Crippen molar-refractivity contribution in [2.24, 2.45) is 12.0 Å². The Morgan fingerprint density at radius 1 is 1.17 bits per heavy atom. The molecule has 1 aromatic carbocycles. The number of guanidine groups is 1. The van der Waals surface area contributed by atoms with Gasteiger partial charge in [0.2, 0.25) is 0 Å². The predicted molar refractivity (Wildman–Crippen MR) is 120 cm³/mol. The van der Waals surface area contributed by atoms with Crippen molar-refractivity contribution in [3.63, 3.8) is 0 Å². The average Bonchev–Trinajstić information content (AvgIpc) is 3.07. The molecule has 0 amide bonds. The Kier molecular flexibility index (Phi) is 6.43. The molecule has 1 aromatic heterocycles. The second-order valence-electron chi connectivity index (χ2n) is 8.22. The number of hydrogen-bond acceptors (Lipinski definition) is 4. The van der Waals surface area contributed by atoms with Gasteiger partial charge in [-0.3, -0.25) is 0 Å². The van der Waals surface area contributed by atoms with Crippen LogP contribution in [0.1, 0.15) is 49.3 Å². The van der Waals surface area contributed by atoms with Crippen LogP contribution in [0.25, 0.3) is 0 Å². The van der Waals surface area contributed by atoms with E-state index in [9.17, 15) is 0 Å². The molecule has 0 bridgehead atoms. The van der Waals surface area contributed by atoms with Crippen LogP contribution in [-0.4, -0.2) is 49.2 Å². The topological polar surface area (TPSA) is 58.3 Å². The number of benzene rings is 1. The van der Waals surface area contributed by atoms with Crippen molar-refractivity contribution in [2.75, 3.05) is 18.8 Å². The van der Waals surface area contributed by atoms with E-state index in [4.69, 9.17) is 4.99 Å². The summed E-state index contributed by atoms with van der Waals surface area (Å²) in [5.74, 6) is 4.04. The van der Waals surface area contributed by atoms with Crippen LogP contribution in [0.4, 0.5) is 0 Å². The Morgan fingerprint density at radius 3 is 2.69 bits per heavy atom. The smallest absolute Gasteiger partial charge is 0.194 e. The Hall–Kier alpha value is -2.02. The van der Waals surface area contributed by atoms with Crippen LogP contribution >= 0.6 is 11.8 Å². The molecule has 2 aromatic rings. The van der Waals surface area contributed by atoms with Gasteiger partial charge in [0.25, 0.3) is 0 Å². The van der Waals surface area contributed by atoms with Crippen molar-refractivity contribution < 1.29 is 0 Å². The molecule has 1 aliphatic heterocycles. The summed E-state index contributed by atoms with van der Waals surface area (Å²) in [5.41, 5.74) is 1.24. The first-order chi connectivity index (χ1) is 14.2. The maximum Gasteiger partial charge on any atom is 0.194 e. The zero-order valence-electron chi connectivity index (χ0n) is 17.6. The summed E-state index contributed by atoms with van der Waals surface area (Å²) in [5, 5.41) is 12.1. The fourth-order valence-corrected chi connectivity index (χ4v) is 5.87. The normalized spacial score (nSPS) is 19.5. The SMILES string of the molecule is Cc1nnc(CNC(=NCc2ccccc2)N2CCSC3(CCCCC3)C2)n1C. The van der Waals surface area contributed by atoms with Crippen molar-refractivity contribution in [3.8, 4) is 0 Å². The molecule has 4 rings (SSSR count). The molecule has 1 N–H and O–H groups in total. The largest absolute Gasteiger partial charge is 0.349 e. The molecule has 1 saturated carbocycles. The highest BCUT2D eigenvalue weighted by molar-refractivity contribution is 8.00. The monoisotopic (exact) mass is 412 g/mol. The van der Waals surface area contributed by atoms with Gasteiger partial charge >= 0.3 is 0 Å². The third-order valence-corrected chi connectivity index (χ3v) is 7.69. The van der Waals surface area contributed by atoms with Gasteiger partial charge in [0.15, 0.2) is 11.8 Å². The maximum absolute atomic E-state index is 5.01. The van der Waals surface area contributed by atoms with Gasteiger partial charge in [-0.25, -0.2) is 4.99 Å². The van der Waals surface area contributed by atoms with Crippen LogP contribution in [0.5, 0.6) is 0 Å². The quantitative estimate of drug-likeness (QED) is 0.615. The van der Waals surface area contributed by atoms with E-state index in [1.165, 1.54) is 43.4 Å². The van der Waals surface area contributed by atoms with E-state index in [1.54, 1.807) is 0 Å². The van der Waals surface area contributed by atoms with Crippen LogP contribution in [0.15, 0.2) is 35.3 Å². The second kappa shape index (κ2) is 9.20. The van der Waals surface area contributed by atoms with Crippen molar-refractivity contribution in [2.45, 2.75) is 56.9 Å². The Morgan fingerprint density at radius 2 is 1.97 bits per heavy atom. The molecular formula is C22H32N6S. The number of hydrogen-bond donors (Lipinski definition) is 1. The lowest BCUT2D eigenvalue weighted by molar-refractivity contribution is 0.292. The van der Waals surface area contributed by atoms with Crippen LogP contribution in [0.2, 0.25) is 0 Å². The van der Waals surface area contributed by atoms with E-state index in [0.717, 1.165) is 30.7 Å². The molecular weight excluding hydrogens is 380 g/mol. The maximum atomic E-state index is 5.01. The van der Waals surface area contributed by atoms with Crippen LogP contribution in [-0.2, 0) is 20.1 Å². The first-order valence-electron chi connectivity index (χ1n) is 10.7. The van der Waals surface area contributed by atoms with E-state index in [2.05, 4.69) is 62.5 Å². The third kappa shape index (κ3) is 4.94. The Bertz CT molecular complexity index is 820. The first-order valence-corrected chi connectivity index (χ1v) is 11.7. The van der Waals surface area contributed by atoms with Crippen LogP contribution in [0.3, 0.4) is 0 Å². The minimum Gasteiger partial charge on any atom is -0.349 e. The van der Waals surface area contributed by atoms with Gasteiger partial charge < -0.3 is 14.8 Å². The van der Waals surface area contributed by atoms with Gasteiger partial charge in [0.1, 0.15) is 5.82 Å². The molecule has 2 heterocycles.